The summed E-state index contributed by atoms with van der Waals surface area (Å²) >= 11 is 0. The van der Waals surface area contributed by atoms with Crippen molar-refractivity contribution < 1.29 is 4.74 Å². The van der Waals surface area contributed by atoms with Crippen molar-refractivity contribution in [3.63, 3.8) is 0 Å². The molecule has 0 unspecified atom stereocenters. The first-order valence-corrected chi connectivity index (χ1v) is 6.70. The van der Waals surface area contributed by atoms with Crippen LogP contribution in [0.3, 0.4) is 0 Å². The molecule has 2 rings (SSSR count). The van der Waals surface area contributed by atoms with Gasteiger partial charge in [0.2, 0.25) is 5.88 Å². The molecule has 1 aliphatic rings. The molecule has 1 fully saturated rings. The van der Waals surface area contributed by atoms with E-state index >= 15 is 0 Å². The van der Waals surface area contributed by atoms with Crippen LogP contribution in [0.15, 0.2) is 12.4 Å². The number of rotatable bonds is 8. The monoisotopic (exact) mass is 250 g/mol. The lowest BCUT2D eigenvalue weighted by Gasteiger charge is -2.10. The predicted octanol–water partition coefficient (Wildman–Crippen LogP) is 1.82. The SMILES string of the molecule is CC(C)Oc1cncc(NCCCNC2CC2)n1. The predicted molar refractivity (Wildman–Crippen MR) is 71.9 cm³/mol. The Labute approximate surface area is 108 Å². The van der Waals surface area contributed by atoms with E-state index in [9.17, 15) is 0 Å². The zero-order valence-electron chi connectivity index (χ0n) is 11.1. The van der Waals surface area contributed by atoms with E-state index in [2.05, 4.69) is 20.6 Å². The molecule has 5 heteroatoms. The van der Waals surface area contributed by atoms with Gasteiger partial charge in [-0.05, 0) is 39.7 Å². The van der Waals surface area contributed by atoms with Gasteiger partial charge in [-0.3, -0.25) is 4.98 Å². The van der Waals surface area contributed by atoms with Crippen molar-refractivity contribution >= 4 is 5.82 Å². The summed E-state index contributed by atoms with van der Waals surface area (Å²) in [6.45, 7) is 5.92. The average Bonchev–Trinajstić information content (AvgIpc) is 3.12. The van der Waals surface area contributed by atoms with Crippen LogP contribution in [0.1, 0.15) is 33.1 Å². The minimum atomic E-state index is 0.122. The Bertz CT molecular complexity index is 366. The van der Waals surface area contributed by atoms with Crippen molar-refractivity contribution in [3.8, 4) is 5.88 Å². The van der Waals surface area contributed by atoms with Gasteiger partial charge in [-0.1, -0.05) is 0 Å². The lowest BCUT2D eigenvalue weighted by molar-refractivity contribution is 0.232. The van der Waals surface area contributed by atoms with Crippen LogP contribution in [-0.4, -0.2) is 35.2 Å². The van der Waals surface area contributed by atoms with Gasteiger partial charge >= 0.3 is 0 Å². The van der Waals surface area contributed by atoms with Crippen LogP contribution in [0.4, 0.5) is 5.82 Å². The number of nitrogens with one attached hydrogen (secondary N) is 2. The first-order valence-electron chi connectivity index (χ1n) is 6.70. The molecular formula is C13H22N4O. The summed E-state index contributed by atoms with van der Waals surface area (Å²) in [6.07, 6.45) is 7.26. The Kier molecular flexibility index (Phi) is 4.75. The molecule has 1 aliphatic carbocycles. The van der Waals surface area contributed by atoms with E-state index in [1.165, 1.54) is 12.8 Å². The maximum Gasteiger partial charge on any atom is 0.234 e. The molecule has 0 atom stereocenters. The van der Waals surface area contributed by atoms with E-state index in [1.807, 2.05) is 13.8 Å². The van der Waals surface area contributed by atoms with Crippen LogP contribution in [0, 0.1) is 0 Å². The topological polar surface area (TPSA) is 59.1 Å². The zero-order valence-corrected chi connectivity index (χ0v) is 11.1. The lowest BCUT2D eigenvalue weighted by atomic mass is 10.4. The van der Waals surface area contributed by atoms with Crippen LogP contribution in [0.5, 0.6) is 5.88 Å². The number of nitrogens with zero attached hydrogens (tertiary/aromatic N) is 2. The molecule has 0 bridgehead atoms. The van der Waals surface area contributed by atoms with E-state index in [1.54, 1.807) is 12.4 Å². The maximum absolute atomic E-state index is 5.50. The number of ether oxygens (including phenoxy) is 1. The summed E-state index contributed by atoms with van der Waals surface area (Å²) in [4.78, 5) is 8.45. The number of hydrogen-bond acceptors (Lipinski definition) is 5. The van der Waals surface area contributed by atoms with Crippen LogP contribution in [-0.2, 0) is 0 Å². The summed E-state index contributed by atoms with van der Waals surface area (Å²) < 4.78 is 5.50. The minimum absolute atomic E-state index is 0.122. The Morgan fingerprint density at radius 1 is 1.33 bits per heavy atom. The van der Waals surface area contributed by atoms with E-state index in [-0.39, 0.29) is 6.10 Å². The molecule has 1 heterocycles. The summed E-state index contributed by atoms with van der Waals surface area (Å²) in [5.41, 5.74) is 0. The van der Waals surface area contributed by atoms with E-state index in [0.717, 1.165) is 31.4 Å². The third-order valence-electron chi connectivity index (χ3n) is 2.64. The second-order valence-corrected chi connectivity index (χ2v) is 4.92. The highest BCUT2D eigenvalue weighted by Crippen LogP contribution is 2.18. The summed E-state index contributed by atoms with van der Waals surface area (Å²) in [5.74, 6) is 1.35. The van der Waals surface area contributed by atoms with E-state index < -0.39 is 0 Å². The molecule has 0 saturated heterocycles. The molecule has 5 nitrogen and oxygen atoms in total. The smallest absolute Gasteiger partial charge is 0.234 e. The third kappa shape index (κ3) is 4.87. The van der Waals surface area contributed by atoms with E-state index in [0.29, 0.717) is 5.88 Å². The first-order chi connectivity index (χ1) is 8.74. The normalized spacial score (nSPS) is 14.8. The zero-order chi connectivity index (χ0) is 12.8. The summed E-state index contributed by atoms with van der Waals surface area (Å²) in [6, 6.07) is 0.785. The molecule has 18 heavy (non-hydrogen) atoms. The highest BCUT2D eigenvalue weighted by molar-refractivity contribution is 5.33. The molecule has 0 aromatic carbocycles. The third-order valence-corrected chi connectivity index (χ3v) is 2.64. The maximum atomic E-state index is 5.50. The Morgan fingerprint density at radius 3 is 2.89 bits per heavy atom. The van der Waals surface area contributed by atoms with Crippen molar-refractivity contribution in [2.45, 2.75) is 45.3 Å². The van der Waals surface area contributed by atoms with Crippen LogP contribution in [0.25, 0.3) is 0 Å². The molecule has 100 valence electrons. The van der Waals surface area contributed by atoms with Crippen molar-refractivity contribution in [1.29, 1.82) is 0 Å². The van der Waals surface area contributed by atoms with E-state index in [4.69, 9.17) is 4.74 Å². The molecule has 1 aromatic heterocycles. The number of hydrogen-bond donors (Lipinski definition) is 2. The fourth-order valence-electron chi connectivity index (χ4n) is 1.63. The largest absolute Gasteiger partial charge is 0.474 e. The average molecular weight is 250 g/mol. The van der Waals surface area contributed by atoms with Crippen LogP contribution in [0.2, 0.25) is 0 Å². The standard InChI is InChI=1S/C13H22N4O/c1-10(2)18-13-9-14-8-12(17-13)16-7-3-6-15-11-4-5-11/h8-11,15H,3-7H2,1-2H3,(H,16,17). The van der Waals surface area contributed by atoms with Crippen molar-refractivity contribution in [1.82, 2.24) is 15.3 Å². The van der Waals surface area contributed by atoms with Gasteiger partial charge in [0.15, 0.2) is 0 Å². The van der Waals surface area contributed by atoms with Gasteiger partial charge in [0.25, 0.3) is 0 Å². The van der Waals surface area contributed by atoms with Crippen molar-refractivity contribution in [2.24, 2.45) is 0 Å². The minimum Gasteiger partial charge on any atom is -0.474 e. The van der Waals surface area contributed by atoms with Crippen molar-refractivity contribution in [3.05, 3.63) is 12.4 Å². The number of aromatic nitrogens is 2. The Balaban J connectivity index is 1.67. The van der Waals surface area contributed by atoms with Gasteiger partial charge < -0.3 is 15.4 Å². The highest BCUT2D eigenvalue weighted by Gasteiger charge is 2.19. The first kappa shape index (κ1) is 13.1. The summed E-state index contributed by atoms with van der Waals surface area (Å²) in [7, 11) is 0. The Morgan fingerprint density at radius 2 is 2.17 bits per heavy atom. The molecule has 2 N–H and O–H groups in total. The van der Waals surface area contributed by atoms with Gasteiger partial charge in [0.1, 0.15) is 5.82 Å². The van der Waals surface area contributed by atoms with Gasteiger partial charge in [-0.2, -0.15) is 4.98 Å². The molecule has 1 aromatic rings. The van der Waals surface area contributed by atoms with Gasteiger partial charge in [-0.25, -0.2) is 0 Å². The second kappa shape index (κ2) is 6.54. The fourth-order valence-corrected chi connectivity index (χ4v) is 1.63. The molecule has 0 aliphatic heterocycles. The van der Waals surface area contributed by atoms with Gasteiger partial charge in [0, 0.05) is 12.6 Å². The molecule has 0 amide bonds. The van der Waals surface area contributed by atoms with Crippen LogP contribution < -0.4 is 15.4 Å². The highest BCUT2D eigenvalue weighted by atomic mass is 16.5. The quantitative estimate of drug-likeness (QED) is 0.689. The van der Waals surface area contributed by atoms with Crippen LogP contribution >= 0.6 is 0 Å². The van der Waals surface area contributed by atoms with Gasteiger partial charge in [-0.15, -0.1) is 0 Å². The second-order valence-electron chi connectivity index (χ2n) is 4.92. The van der Waals surface area contributed by atoms with Gasteiger partial charge in [0.05, 0.1) is 18.5 Å². The fraction of sp³-hybridized carbons (Fsp3) is 0.692. The van der Waals surface area contributed by atoms with Crippen molar-refractivity contribution in [2.75, 3.05) is 18.4 Å². The Hall–Kier alpha value is -1.36. The lowest BCUT2D eigenvalue weighted by Crippen LogP contribution is -2.20. The molecule has 1 saturated carbocycles. The summed E-state index contributed by atoms with van der Waals surface area (Å²) in [5, 5.41) is 6.74. The molecular weight excluding hydrogens is 228 g/mol. The molecule has 0 radical (unpaired) electrons. The molecule has 0 spiro atoms. The number of anilines is 1.